The van der Waals surface area contributed by atoms with Crippen LogP contribution in [0.3, 0.4) is 0 Å². The predicted octanol–water partition coefficient (Wildman–Crippen LogP) is 0.997. The maximum atomic E-state index is 12.8. The van der Waals surface area contributed by atoms with Crippen LogP contribution in [0.2, 0.25) is 0 Å². The van der Waals surface area contributed by atoms with Gasteiger partial charge in [0.05, 0.1) is 18.1 Å². The third-order valence-corrected chi connectivity index (χ3v) is 6.69. The molecule has 10 heteroatoms. The van der Waals surface area contributed by atoms with Gasteiger partial charge in [-0.2, -0.15) is 4.31 Å². The topological polar surface area (TPSA) is 119 Å². The summed E-state index contributed by atoms with van der Waals surface area (Å²) in [5, 5.41) is 0.710. The van der Waals surface area contributed by atoms with Gasteiger partial charge in [-0.05, 0) is 12.5 Å². The van der Waals surface area contributed by atoms with Crippen molar-refractivity contribution in [3.05, 3.63) is 48.5 Å². The van der Waals surface area contributed by atoms with Crippen LogP contribution in [0.5, 0.6) is 0 Å². The number of benzene rings is 1. The molecule has 1 fully saturated rings. The van der Waals surface area contributed by atoms with Gasteiger partial charge in [0.1, 0.15) is 0 Å². The van der Waals surface area contributed by atoms with E-state index in [-0.39, 0.29) is 24.7 Å². The molecule has 2 N–H and O–H groups in total. The number of fused-ring (bicyclic) bond motifs is 1. The van der Waals surface area contributed by atoms with Crippen molar-refractivity contribution in [2.24, 2.45) is 0 Å². The van der Waals surface area contributed by atoms with Gasteiger partial charge < -0.3 is 14.9 Å². The van der Waals surface area contributed by atoms with Crippen LogP contribution >= 0.6 is 0 Å². The molecule has 4 rings (SSSR count). The molecule has 28 heavy (non-hydrogen) atoms. The van der Waals surface area contributed by atoms with Gasteiger partial charge in [0.15, 0.2) is 5.03 Å². The molecule has 2 aromatic heterocycles. The monoisotopic (exact) mass is 401 g/mol. The molecule has 146 valence electrons. The van der Waals surface area contributed by atoms with Gasteiger partial charge in [0, 0.05) is 43.3 Å². The van der Waals surface area contributed by atoms with E-state index in [1.165, 1.54) is 27.9 Å². The van der Waals surface area contributed by atoms with Crippen molar-refractivity contribution in [3.8, 4) is 0 Å². The molecule has 3 aromatic rings. The zero-order valence-electron chi connectivity index (χ0n) is 15.0. The van der Waals surface area contributed by atoms with E-state index >= 15 is 0 Å². The first-order valence-electron chi connectivity index (χ1n) is 8.87. The van der Waals surface area contributed by atoms with Gasteiger partial charge in [-0.25, -0.2) is 13.4 Å². The lowest BCUT2D eigenvalue weighted by Crippen LogP contribution is -2.40. The summed E-state index contributed by atoms with van der Waals surface area (Å²) in [5.41, 5.74) is 1.11. The summed E-state index contributed by atoms with van der Waals surface area (Å²) in [6.45, 7) is 0.864. The Balaban J connectivity index is 1.50. The lowest BCUT2D eigenvalue weighted by Gasteiger charge is -2.20. The molecule has 1 saturated heterocycles. The molecule has 1 aromatic carbocycles. The normalized spacial score (nSPS) is 16.2. The molecule has 0 atom stereocenters. The number of imidazole rings is 1. The molecule has 0 unspecified atom stereocenters. The highest BCUT2D eigenvalue weighted by atomic mass is 32.2. The Bertz CT molecular complexity index is 1120. The Morgan fingerprint density at radius 2 is 1.86 bits per heavy atom. The van der Waals surface area contributed by atoms with E-state index in [9.17, 15) is 18.0 Å². The molecule has 1 amide bonds. The number of para-hydroxylation sites is 1. The Hall–Kier alpha value is -2.98. The summed E-state index contributed by atoms with van der Waals surface area (Å²) in [6.07, 6.45) is 4.54. The van der Waals surface area contributed by atoms with Gasteiger partial charge in [0.2, 0.25) is 0 Å². The summed E-state index contributed by atoms with van der Waals surface area (Å²) >= 11 is 0. The van der Waals surface area contributed by atoms with Gasteiger partial charge in [-0.3, -0.25) is 9.59 Å². The number of sulfonamides is 1. The molecule has 3 heterocycles. The SMILES string of the molecule is O=C(C(=O)N1CCCN(S(=O)(=O)c2cnc[nH]2)CC1)c1c[nH]c2ccccc12. The molecule has 0 aliphatic carbocycles. The molecule has 9 nitrogen and oxygen atoms in total. The van der Waals surface area contributed by atoms with Gasteiger partial charge in [0.25, 0.3) is 21.7 Å². The van der Waals surface area contributed by atoms with Crippen LogP contribution in [0.4, 0.5) is 0 Å². The summed E-state index contributed by atoms with van der Waals surface area (Å²) in [5.74, 6) is -1.21. The van der Waals surface area contributed by atoms with E-state index in [2.05, 4.69) is 15.0 Å². The first kappa shape index (κ1) is 18.4. The lowest BCUT2D eigenvalue weighted by atomic mass is 10.1. The maximum Gasteiger partial charge on any atom is 0.295 e. The molecular formula is C18H19N5O4S. The van der Waals surface area contributed by atoms with Crippen molar-refractivity contribution in [2.75, 3.05) is 26.2 Å². The summed E-state index contributed by atoms with van der Waals surface area (Å²) in [4.78, 5) is 36.3. The largest absolute Gasteiger partial charge is 0.360 e. The summed E-state index contributed by atoms with van der Waals surface area (Å²) < 4.78 is 26.6. The van der Waals surface area contributed by atoms with Crippen LogP contribution in [0.15, 0.2) is 48.0 Å². The van der Waals surface area contributed by atoms with Gasteiger partial charge in [-0.15, -0.1) is 0 Å². The first-order valence-corrected chi connectivity index (χ1v) is 10.3. The molecule has 1 aliphatic rings. The van der Waals surface area contributed by atoms with E-state index in [1.807, 2.05) is 18.2 Å². The Labute approximate surface area is 161 Å². The Morgan fingerprint density at radius 3 is 2.64 bits per heavy atom. The van der Waals surface area contributed by atoms with Crippen molar-refractivity contribution < 1.29 is 18.0 Å². The summed E-state index contributed by atoms with van der Waals surface area (Å²) in [7, 11) is -3.70. The molecule has 0 bridgehead atoms. The van der Waals surface area contributed by atoms with Gasteiger partial charge >= 0.3 is 0 Å². The smallest absolute Gasteiger partial charge is 0.295 e. The van der Waals surface area contributed by atoms with Crippen LogP contribution in [0.1, 0.15) is 16.8 Å². The van der Waals surface area contributed by atoms with Crippen LogP contribution in [-0.4, -0.2) is 70.4 Å². The van der Waals surface area contributed by atoms with Crippen molar-refractivity contribution in [1.82, 2.24) is 24.2 Å². The van der Waals surface area contributed by atoms with E-state index in [0.29, 0.717) is 23.9 Å². The minimum atomic E-state index is -3.70. The van der Waals surface area contributed by atoms with Gasteiger partial charge in [-0.1, -0.05) is 18.2 Å². The van der Waals surface area contributed by atoms with Crippen molar-refractivity contribution in [1.29, 1.82) is 0 Å². The van der Waals surface area contributed by atoms with Crippen molar-refractivity contribution >= 4 is 32.6 Å². The average Bonchev–Trinajstić information content (AvgIpc) is 3.32. The maximum absolute atomic E-state index is 12.8. The van der Waals surface area contributed by atoms with Crippen molar-refractivity contribution in [2.45, 2.75) is 11.4 Å². The Morgan fingerprint density at radius 1 is 1.04 bits per heavy atom. The standard InChI is InChI=1S/C18H19N5O4S/c24-17(14-10-20-15-5-2-1-4-13(14)15)18(25)22-6-3-7-23(9-8-22)28(26,27)16-11-19-12-21-16/h1-2,4-5,10-12,20H,3,6-9H2,(H,19,21). The number of Topliss-reactive ketones (excluding diaryl/α,β-unsaturated/α-hetero) is 1. The number of hydrogen-bond acceptors (Lipinski definition) is 5. The zero-order valence-corrected chi connectivity index (χ0v) is 15.8. The zero-order chi connectivity index (χ0) is 19.7. The highest BCUT2D eigenvalue weighted by Crippen LogP contribution is 2.20. The van der Waals surface area contributed by atoms with Crippen LogP contribution in [0.25, 0.3) is 10.9 Å². The number of aromatic amines is 2. The minimum Gasteiger partial charge on any atom is -0.360 e. The van der Waals surface area contributed by atoms with Crippen LogP contribution in [-0.2, 0) is 14.8 Å². The fraction of sp³-hybridized carbons (Fsp3) is 0.278. The third kappa shape index (κ3) is 3.20. The second-order valence-electron chi connectivity index (χ2n) is 6.54. The number of ketones is 1. The molecule has 0 saturated carbocycles. The molecule has 0 radical (unpaired) electrons. The number of amides is 1. The van der Waals surface area contributed by atoms with Crippen molar-refractivity contribution in [3.63, 3.8) is 0 Å². The fourth-order valence-corrected chi connectivity index (χ4v) is 4.74. The minimum absolute atomic E-state index is 0.0159. The number of hydrogen-bond donors (Lipinski definition) is 2. The number of carbonyl (C=O) groups excluding carboxylic acids is 2. The van der Waals surface area contributed by atoms with Crippen LogP contribution < -0.4 is 0 Å². The highest BCUT2D eigenvalue weighted by molar-refractivity contribution is 7.89. The number of rotatable bonds is 4. The first-order chi connectivity index (χ1) is 13.5. The second-order valence-corrected chi connectivity index (χ2v) is 8.45. The number of nitrogens with one attached hydrogen (secondary N) is 2. The third-order valence-electron chi connectivity index (χ3n) is 4.86. The Kier molecular flexibility index (Phi) is 4.73. The number of carbonyl (C=O) groups is 2. The number of nitrogens with zero attached hydrogens (tertiary/aromatic N) is 3. The molecular weight excluding hydrogens is 382 g/mol. The number of aromatic nitrogens is 3. The quantitative estimate of drug-likeness (QED) is 0.499. The van der Waals surface area contributed by atoms with E-state index in [0.717, 1.165) is 5.52 Å². The van der Waals surface area contributed by atoms with E-state index in [4.69, 9.17) is 0 Å². The average molecular weight is 401 g/mol. The van der Waals surface area contributed by atoms with E-state index in [1.54, 1.807) is 6.07 Å². The molecule has 0 spiro atoms. The lowest BCUT2D eigenvalue weighted by molar-refractivity contribution is -0.126. The highest BCUT2D eigenvalue weighted by Gasteiger charge is 2.31. The fourth-order valence-electron chi connectivity index (χ4n) is 3.38. The second kappa shape index (κ2) is 7.21. The number of H-pyrrole nitrogens is 2. The van der Waals surface area contributed by atoms with Crippen LogP contribution in [0, 0.1) is 0 Å². The summed E-state index contributed by atoms with van der Waals surface area (Å²) in [6, 6.07) is 7.27. The van der Waals surface area contributed by atoms with E-state index < -0.39 is 21.7 Å². The predicted molar refractivity (Wildman–Crippen MR) is 101 cm³/mol. The molecule has 1 aliphatic heterocycles.